The molecular weight excluding hydrogens is 234 g/mol. The van der Waals surface area contributed by atoms with E-state index in [1.807, 2.05) is 13.0 Å². The van der Waals surface area contributed by atoms with Gasteiger partial charge in [0.25, 0.3) is 0 Å². The fourth-order valence-corrected chi connectivity index (χ4v) is 2.63. The Balaban J connectivity index is 2.21. The van der Waals surface area contributed by atoms with Crippen LogP contribution in [0.3, 0.4) is 0 Å². The second-order valence-corrected chi connectivity index (χ2v) is 4.93. The second kappa shape index (κ2) is 4.56. The molecule has 3 rings (SSSR count). The molecule has 0 spiro atoms. The first-order valence-corrected chi connectivity index (χ1v) is 6.46. The minimum atomic E-state index is -0.149. The van der Waals surface area contributed by atoms with E-state index in [-0.39, 0.29) is 6.04 Å². The van der Waals surface area contributed by atoms with Gasteiger partial charge in [-0.1, -0.05) is 36.4 Å². The molecule has 3 aromatic rings. The second-order valence-electron chi connectivity index (χ2n) is 4.93. The average Bonchev–Trinajstić information content (AvgIpc) is 2.85. The zero-order valence-electron chi connectivity index (χ0n) is 11.2. The summed E-state index contributed by atoms with van der Waals surface area (Å²) in [5.74, 6) is 0.886. The Bertz CT molecular complexity index is 727. The first-order valence-electron chi connectivity index (χ1n) is 6.46. The molecule has 0 aliphatic heterocycles. The highest BCUT2D eigenvalue weighted by atomic mass is 16.3. The van der Waals surface area contributed by atoms with Gasteiger partial charge < -0.3 is 10.2 Å². The molecular formula is C17H17NO. The normalized spacial score (nSPS) is 12.8. The molecule has 0 fully saturated rings. The van der Waals surface area contributed by atoms with Crippen molar-refractivity contribution in [1.29, 1.82) is 0 Å². The number of fused-ring (bicyclic) bond motifs is 1. The Kier molecular flexibility index (Phi) is 2.88. The summed E-state index contributed by atoms with van der Waals surface area (Å²) in [6, 6.07) is 14.4. The van der Waals surface area contributed by atoms with Crippen molar-refractivity contribution in [3.8, 4) is 0 Å². The maximum absolute atomic E-state index is 6.42. The van der Waals surface area contributed by atoms with E-state index in [1.165, 1.54) is 16.3 Å². The third kappa shape index (κ3) is 1.94. The van der Waals surface area contributed by atoms with Gasteiger partial charge in [-0.3, -0.25) is 0 Å². The van der Waals surface area contributed by atoms with Crippen molar-refractivity contribution in [2.75, 3.05) is 0 Å². The third-order valence-corrected chi connectivity index (χ3v) is 3.74. The summed E-state index contributed by atoms with van der Waals surface area (Å²) >= 11 is 0. The molecule has 1 unspecified atom stereocenters. The van der Waals surface area contributed by atoms with Crippen molar-refractivity contribution >= 4 is 10.8 Å². The fraction of sp³-hybridized carbons (Fsp3) is 0.176. The molecule has 2 nitrogen and oxygen atoms in total. The highest BCUT2D eigenvalue weighted by Crippen LogP contribution is 2.30. The summed E-state index contributed by atoms with van der Waals surface area (Å²) in [6.07, 6.45) is 1.70. The van der Waals surface area contributed by atoms with Crippen LogP contribution in [0.1, 0.15) is 28.5 Å². The predicted molar refractivity (Wildman–Crippen MR) is 78.2 cm³/mol. The minimum absolute atomic E-state index is 0.149. The summed E-state index contributed by atoms with van der Waals surface area (Å²) in [4.78, 5) is 0. The number of hydrogen-bond donors (Lipinski definition) is 1. The van der Waals surface area contributed by atoms with Gasteiger partial charge in [0.05, 0.1) is 12.3 Å². The molecule has 1 heterocycles. The molecule has 2 N–H and O–H groups in total. The molecule has 1 aromatic heterocycles. The van der Waals surface area contributed by atoms with Crippen LogP contribution in [-0.2, 0) is 0 Å². The molecule has 0 radical (unpaired) electrons. The molecule has 1 atom stereocenters. The van der Waals surface area contributed by atoms with Gasteiger partial charge in [0.2, 0.25) is 0 Å². The first-order chi connectivity index (χ1) is 9.18. The van der Waals surface area contributed by atoms with E-state index in [2.05, 4.69) is 43.3 Å². The highest BCUT2D eigenvalue weighted by Gasteiger charge is 2.16. The van der Waals surface area contributed by atoms with Crippen LogP contribution in [0, 0.1) is 13.8 Å². The highest BCUT2D eigenvalue weighted by molar-refractivity contribution is 5.89. The largest absolute Gasteiger partial charge is 0.469 e. The zero-order valence-corrected chi connectivity index (χ0v) is 11.2. The Hall–Kier alpha value is -2.06. The number of aryl methyl sites for hydroxylation is 2. The Morgan fingerprint density at radius 3 is 2.32 bits per heavy atom. The molecule has 96 valence electrons. The van der Waals surface area contributed by atoms with E-state index in [0.29, 0.717) is 0 Å². The van der Waals surface area contributed by atoms with Gasteiger partial charge in [0, 0.05) is 5.56 Å². The monoisotopic (exact) mass is 251 g/mol. The van der Waals surface area contributed by atoms with E-state index in [9.17, 15) is 0 Å². The van der Waals surface area contributed by atoms with Crippen molar-refractivity contribution in [2.45, 2.75) is 19.9 Å². The molecule has 2 aromatic carbocycles. The first kappa shape index (κ1) is 12.0. The summed E-state index contributed by atoms with van der Waals surface area (Å²) in [5.41, 5.74) is 9.89. The summed E-state index contributed by atoms with van der Waals surface area (Å²) < 4.78 is 5.36. The zero-order chi connectivity index (χ0) is 13.4. The quantitative estimate of drug-likeness (QED) is 0.744. The van der Waals surface area contributed by atoms with Crippen molar-refractivity contribution in [3.05, 3.63) is 71.2 Å². The van der Waals surface area contributed by atoms with Gasteiger partial charge in [-0.05, 0) is 41.8 Å². The van der Waals surface area contributed by atoms with E-state index >= 15 is 0 Å². The van der Waals surface area contributed by atoms with Crippen molar-refractivity contribution < 1.29 is 4.42 Å². The van der Waals surface area contributed by atoms with Crippen LogP contribution < -0.4 is 5.73 Å². The van der Waals surface area contributed by atoms with Crippen LogP contribution in [-0.4, -0.2) is 0 Å². The third-order valence-electron chi connectivity index (χ3n) is 3.74. The molecule has 0 saturated carbocycles. The molecule has 0 saturated heterocycles. The maximum atomic E-state index is 6.42. The van der Waals surface area contributed by atoms with Gasteiger partial charge in [-0.25, -0.2) is 0 Å². The van der Waals surface area contributed by atoms with Crippen LogP contribution in [0.15, 0.2) is 53.1 Å². The maximum Gasteiger partial charge on any atom is 0.105 e. The lowest BCUT2D eigenvalue weighted by Crippen LogP contribution is -2.12. The predicted octanol–water partition coefficient (Wildman–Crippen LogP) is 4.10. The molecule has 2 heteroatoms. The molecule has 0 aliphatic rings. The van der Waals surface area contributed by atoms with Crippen molar-refractivity contribution in [1.82, 2.24) is 0 Å². The van der Waals surface area contributed by atoms with Gasteiger partial charge in [-0.15, -0.1) is 0 Å². The van der Waals surface area contributed by atoms with Gasteiger partial charge >= 0.3 is 0 Å². The molecule has 0 bridgehead atoms. The standard InChI is InChI=1S/C17H17NO/c1-11-7-8-16(15-6-4-3-5-13(11)15)17(18)14-9-10-19-12(14)2/h3-10,17H,18H2,1-2H3. The van der Waals surface area contributed by atoms with E-state index in [0.717, 1.165) is 16.9 Å². The lowest BCUT2D eigenvalue weighted by Gasteiger charge is -2.15. The van der Waals surface area contributed by atoms with Gasteiger partial charge in [0.15, 0.2) is 0 Å². The molecule has 19 heavy (non-hydrogen) atoms. The van der Waals surface area contributed by atoms with Gasteiger partial charge in [-0.2, -0.15) is 0 Å². The van der Waals surface area contributed by atoms with Crippen LogP contribution in [0.2, 0.25) is 0 Å². The van der Waals surface area contributed by atoms with Crippen molar-refractivity contribution in [3.63, 3.8) is 0 Å². The van der Waals surface area contributed by atoms with Crippen molar-refractivity contribution in [2.24, 2.45) is 5.73 Å². The van der Waals surface area contributed by atoms with Crippen LogP contribution in [0.5, 0.6) is 0 Å². The lowest BCUT2D eigenvalue weighted by molar-refractivity contribution is 0.527. The van der Waals surface area contributed by atoms with Crippen LogP contribution >= 0.6 is 0 Å². The lowest BCUT2D eigenvalue weighted by atomic mass is 9.93. The van der Waals surface area contributed by atoms with Gasteiger partial charge in [0.1, 0.15) is 5.76 Å². The Morgan fingerprint density at radius 1 is 0.895 bits per heavy atom. The molecule has 0 aliphatic carbocycles. The summed E-state index contributed by atoms with van der Waals surface area (Å²) in [6.45, 7) is 4.08. The smallest absolute Gasteiger partial charge is 0.105 e. The Morgan fingerprint density at radius 2 is 1.63 bits per heavy atom. The number of nitrogens with two attached hydrogens (primary N) is 1. The summed E-state index contributed by atoms with van der Waals surface area (Å²) in [7, 11) is 0. The number of furan rings is 1. The van der Waals surface area contributed by atoms with E-state index in [4.69, 9.17) is 10.2 Å². The molecule has 0 amide bonds. The Labute approximate surface area is 112 Å². The minimum Gasteiger partial charge on any atom is -0.469 e. The van der Waals surface area contributed by atoms with E-state index < -0.39 is 0 Å². The summed E-state index contributed by atoms with van der Waals surface area (Å²) in [5, 5.41) is 2.48. The average molecular weight is 251 g/mol. The SMILES string of the molecule is Cc1occc1C(N)c1ccc(C)c2ccccc12. The fourth-order valence-electron chi connectivity index (χ4n) is 2.63. The van der Waals surface area contributed by atoms with Crippen LogP contribution in [0.4, 0.5) is 0 Å². The number of hydrogen-bond acceptors (Lipinski definition) is 2. The number of benzene rings is 2. The van der Waals surface area contributed by atoms with E-state index in [1.54, 1.807) is 6.26 Å². The van der Waals surface area contributed by atoms with Crippen LogP contribution in [0.25, 0.3) is 10.8 Å². The topological polar surface area (TPSA) is 39.2 Å². The number of rotatable bonds is 2.